The van der Waals surface area contributed by atoms with Crippen molar-refractivity contribution >= 4 is 21.9 Å². The minimum absolute atomic E-state index is 0.316. The van der Waals surface area contributed by atoms with Gasteiger partial charge in [0.25, 0.3) is 0 Å². The molecule has 0 bridgehead atoms. The first-order chi connectivity index (χ1) is 10.1. The molecule has 1 saturated carbocycles. The molecule has 4 nitrogen and oxygen atoms in total. The Kier molecular flexibility index (Phi) is 4.50. The van der Waals surface area contributed by atoms with Crippen molar-refractivity contribution < 1.29 is 14.6 Å². The monoisotopic (exact) mass is 353 g/mol. The molecule has 0 radical (unpaired) electrons. The summed E-state index contributed by atoms with van der Waals surface area (Å²) in [6.45, 7) is 2.11. The van der Waals surface area contributed by atoms with Gasteiger partial charge in [-0.2, -0.15) is 0 Å². The van der Waals surface area contributed by atoms with Crippen LogP contribution in [0.1, 0.15) is 19.3 Å². The summed E-state index contributed by atoms with van der Waals surface area (Å²) in [5.41, 5.74) is 0. The normalized spacial score (nSPS) is 28.5. The standard InChI is InChI=1S/C16H20BrNO3/c17-12-4-2-5-13(9-12)21-8-7-18-10-11-3-1-6-14(11)15(18)16(19)20/h2,4-5,9,11,14-15H,1,3,6-8,10H2,(H,19,20). The van der Waals surface area contributed by atoms with Gasteiger partial charge in [0.05, 0.1) is 0 Å². The van der Waals surface area contributed by atoms with Crippen molar-refractivity contribution in [2.24, 2.45) is 11.8 Å². The van der Waals surface area contributed by atoms with Crippen molar-refractivity contribution in [3.05, 3.63) is 28.7 Å². The van der Waals surface area contributed by atoms with Gasteiger partial charge in [0.15, 0.2) is 0 Å². The lowest BCUT2D eigenvalue weighted by Crippen LogP contribution is -2.41. The number of ether oxygens (including phenoxy) is 1. The molecule has 0 spiro atoms. The number of carboxylic acids is 1. The molecule has 1 aliphatic carbocycles. The van der Waals surface area contributed by atoms with E-state index in [1.165, 1.54) is 12.8 Å². The highest BCUT2D eigenvalue weighted by atomic mass is 79.9. The van der Waals surface area contributed by atoms with Gasteiger partial charge in [-0.15, -0.1) is 0 Å². The van der Waals surface area contributed by atoms with Gasteiger partial charge in [0.1, 0.15) is 18.4 Å². The van der Waals surface area contributed by atoms with Crippen LogP contribution >= 0.6 is 15.9 Å². The third-order valence-corrected chi connectivity index (χ3v) is 5.18. The molecule has 3 unspecified atom stereocenters. The van der Waals surface area contributed by atoms with Crippen LogP contribution in [-0.2, 0) is 4.79 Å². The zero-order valence-electron chi connectivity index (χ0n) is 11.9. The Morgan fingerprint density at radius 2 is 2.29 bits per heavy atom. The molecule has 0 aromatic heterocycles. The summed E-state index contributed by atoms with van der Waals surface area (Å²) in [6, 6.07) is 7.41. The number of rotatable bonds is 5. The molecule has 2 aliphatic rings. The maximum atomic E-state index is 11.5. The minimum Gasteiger partial charge on any atom is -0.492 e. The van der Waals surface area contributed by atoms with E-state index in [0.29, 0.717) is 25.0 Å². The summed E-state index contributed by atoms with van der Waals surface area (Å²) in [5, 5.41) is 9.49. The third kappa shape index (κ3) is 3.24. The van der Waals surface area contributed by atoms with E-state index in [1.807, 2.05) is 24.3 Å². The summed E-state index contributed by atoms with van der Waals surface area (Å²) in [5.74, 6) is 1.05. The first-order valence-electron chi connectivity index (χ1n) is 7.50. The zero-order valence-corrected chi connectivity index (χ0v) is 13.5. The molecular weight excluding hydrogens is 334 g/mol. The summed E-state index contributed by atoms with van der Waals surface area (Å²) in [7, 11) is 0. The largest absolute Gasteiger partial charge is 0.492 e. The molecule has 3 rings (SSSR count). The van der Waals surface area contributed by atoms with Gasteiger partial charge < -0.3 is 9.84 Å². The molecule has 0 amide bonds. The summed E-state index contributed by atoms with van der Waals surface area (Å²) in [6.07, 6.45) is 3.42. The van der Waals surface area contributed by atoms with Crippen LogP contribution in [0.4, 0.5) is 0 Å². The highest BCUT2D eigenvalue weighted by Crippen LogP contribution is 2.42. The molecule has 5 heteroatoms. The van der Waals surface area contributed by atoms with Gasteiger partial charge >= 0.3 is 5.97 Å². The molecular formula is C16H20BrNO3. The molecule has 3 atom stereocenters. The quantitative estimate of drug-likeness (QED) is 0.883. The van der Waals surface area contributed by atoms with E-state index >= 15 is 0 Å². The lowest BCUT2D eigenvalue weighted by molar-refractivity contribution is -0.143. The zero-order chi connectivity index (χ0) is 14.8. The summed E-state index contributed by atoms with van der Waals surface area (Å²) >= 11 is 3.41. The molecule has 114 valence electrons. The van der Waals surface area contributed by atoms with Crippen LogP contribution in [0.2, 0.25) is 0 Å². The van der Waals surface area contributed by atoms with Crippen molar-refractivity contribution in [2.75, 3.05) is 19.7 Å². The molecule has 1 aliphatic heterocycles. The Morgan fingerprint density at radius 1 is 1.43 bits per heavy atom. The fourth-order valence-electron chi connectivity index (χ4n) is 3.80. The van der Waals surface area contributed by atoms with Crippen molar-refractivity contribution in [1.29, 1.82) is 0 Å². The van der Waals surface area contributed by atoms with E-state index in [0.717, 1.165) is 23.2 Å². The number of halogens is 1. The van der Waals surface area contributed by atoms with Gasteiger partial charge in [-0.25, -0.2) is 0 Å². The predicted molar refractivity (Wildman–Crippen MR) is 83.5 cm³/mol. The fraction of sp³-hybridized carbons (Fsp3) is 0.562. The molecule has 2 fully saturated rings. The number of fused-ring (bicyclic) bond motifs is 1. The molecule has 1 aromatic rings. The van der Waals surface area contributed by atoms with E-state index in [4.69, 9.17) is 4.74 Å². The van der Waals surface area contributed by atoms with Gasteiger partial charge in [-0.3, -0.25) is 9.69 Å². The van der Waals surface area contributed by atoms with Gasteiger partial charge in [0.2, 0.25) is 0 Å². The van der Waals surface area contributed by atoms with Crippen LogP contribution in [-0.4, -0.2) is 41.7 Å². The maximum absolute atomic E-state index is 11.5. The van der Waals surface area contributed by atoms with E-state index in [2.05, 4.69) is 20.8 Å². The Labute approximate surface area is 133 Å². The Morgan fingerprint density at radius 3 is 3.05 bits per heavy atom. The number of nitrogens with zero attached hydrogens (tertiary/aromatic N) is 1. The molecule has 1 heterocycles. The molecule has 1 saturated heterocycles. The first kappa shape index (κ1) is 14.9. The SMILES string of the molecule is O=C(O)C1C2CCCC2CN1CCOc1cccc(Br)c1. The predicted octanol–water partition coefficient (Wildman–Crippen LogP) is 3.01. The maximum Gasteiger partial charge on any atom is 0.321 e. The first-order valence-corrected chi connectivity index (χ1v) is 8.29. The van der Waals surface area contributed by atoms with E-state index in [-0.39, 0.29) is 6.04 Å². The van der Waals surface area contributed by atoms with Crippen molar-refractivity contribution in [3.8, 4) is 5.75 Å². The topological polar surface area (TPSA) is 49.8 Å². The van der Waals surface area contributed by atoms with Crippen LogP contribution in [0.15, 0.2) is 28.7 Å². The highest BCUT2D eigenvalue weighted by Gasteiger charge is 2.47. The van der Waals surface area contributed by atoms with Crippen molar-refractivity contribution in [1.82, 2.24) is 4.90 Å². The number of carbonyl (C=O) groups is 1. The van der Waals surface area contributed by atoms with Gasteiger partial charge in [-0.1, -0.05) is 28.4 Å². The molecule has 1 N–H and O–H groups in total. The van der Waals surface area contributed by atoms with Crippen LogP contribution in [0.3, 0.4) is 0 Å². The van der Waals surface area contributed by atoms with Gasteiger partial charge in [-0.05, 0) is 42.9 Å². The Hall–Kier alpha value is -1.07. The van der Waals surface area contributed by atoms with Crippen LogP contribution in [0, 0.1) is 11.8 Å². The van der Waals surface area contributed by atoms with Crippen LogP contribution < -0.4 is 4.74 Å². The Bertz CT molecular complexity index is 522. The minimum atomic E-state index is -0.674. The second-order valence-corrected chi connectivity index (χ2v) is 6.85. The number of hydrogen-bond donors (Lipinski definition) is 1. The molecule has 21 heavy (non-hydrogen) atoms. The molecule has 1 aromatic carbocycles. The van der Waals surface area contributed by atoms with Crippen molar-refractivity contribution in [3.63, 3.8) is 0 Å². The average molecular weight is 354 g/mol. The summed E-state index contributed by atoms with van der Waals surface area (Å²) in [4.78, 5) is 13.6. The Balaban J connectivity index is 1.56. The number of aliphatic carboxylic acids is 1. The van der Waals surface area contributed by atoms with E-state index < -0.39 is 5.97 Å². The fourth-order valence-corrected chi connectivity index (χ4v) is 4.18. The van der Waals surface area contributed by atoms with Crippen molar-refractivity contribution in [2.45, 2.75) is 25.3 Å². The summed E-state index contributed by atoms with van der Waals surface area (Å²) < 4.78 is 6.72. The van der Waals surface area contributed by atoms with Crippen LogP contribution in [0.25, 0.3) is 0 Å². The smallest absolute Gasteiger partial charge is 0.321 e. The second kappa shape index (κ2) is 6.36. The van der Waals surface area contributed by atoms with E-state index in [9.17, 15) is 9.90 Å². The van der Waals surface area contributed by atoms with Gasteiger partial charge in [0, 0.05) is 17.6 Å². The lowest BCUT2D eigenvalue weighted by Gasteiger charge is -2.24. The third-order valence-electron chi connectivity index (χ3n) is 4.68. The number of carboxylic acid groups (broad SMARTS) is 1. The number of hydrogen-bond acceptors (Lipinski definition) is 3. The van der Waals surface area contributed by atoms with E-state index in [1.54, 1.807) is 0 Å². The van der Waals surface area contributed by atoms with Crippen LogP contribution in [0.5, 0.6) is 5.75 Å². The number of likely N-dealkylation sites (tertiary alicyclic amines) is 1. The highest BCUT2D eigenvalue weighted by molar-refractivity contribution is 9.10. The number of benzene rings is 1. The average Bonchev–Trinajstić information content (AvgIpc) is 2.98. The lowest BCUT2D eigenvalue weighted by atomic mass is 9.94. The second-order valence-electron chi connectivity index (χ2n) is 5.94.